The average molecular weight is 172 g/mol. The lowest BCUT2D eigenvalue weighted by Crippen LogP contribution is -2.34. The van der Waals surface area contributed by atoms with Gasteiger partial charge in [0.1, 0.15) is 0 Å². The van der Waals surface area contributed by atoms with Gasteiger partial charge >= 0.3 is 5.97 Å². The van der Waals surface area contributed by atoms with E-state index in [2.05, 4.69) is 10.2 Å². The van der Waals surface area contributed by atoms with Crippen molar-refractivity contribution in [1.29, 1.82) is 0 Å². The molecule has 1 N–H and O–H groups in total. The average Bonchev–Trinajstić information content (AvgIpc) is 1.99. The van der Waals surface area contributed by atoms with Gasteiger partial charge in [-0.05, 0) is 0 Å². The number of ether oxygens (including phenoxy) is 1. The van der Waals surface area contributed by atoms with Gasteiger partial charge in [-0.3, -0.25) is 10.2 Å². The zero-order chi connectivity index (χ0) is 9.56. The van der Waals surface area contributed by atoms with Crippen LogP contribution >= 0.6 is 0 Å². The maximum Gasteiger partial charge on any atom is 0.330 e. The maximum atomic E-state index is 10.8. The summed E-state index contributed by atoms with van der Waals surface area (Å²) in [6.07, 6.45) is 2.16. The lowest BCUT2D eigenvalue weighted by atomic mass is 10.5. The molecule has 0 aromatic heterocycles. The Morgan fingerprint density at radius 1 is 1.33 bits per heavy atom. The Bertz CT molecular complexity index is 199. The van der Waals surface area contributed by atoms with Gasteiger partial charge in [0, 0.05) is 26.2 Å². The van der Waals surface area contributed by atoms with E-state index in [-0.39, 0.29) is 5.91 Å². The molecule has 0 saturated carbocycles. The highest BCUT2D eigenvalue weighted by atomic mass is 16.5. The second-order valence-corrected chi connectivity index (χ2v) is 2.23. The third kappa shape index (κ3) is 5.43. The summed E-state index contributed by atoms with van der Waals surface area (Å²) in [4.78, 5) is 21.3. The highest BCUT2D eigenvalue weighted by molar-refractivity contribution is 5.94. The molecule has 0 saturated heterocycles. The van der Waals surface area contributed by atoms with Gasteiger partial charge in [0.25, 0.3) is 5.91 Å². The van der Waals surface area contributed by atoms with Crippen LogP contribution < -0.4 is 5.43 Å². The van der Waals surface area contributed by atoms with Crippen molar-refractivity contribution < 1.29 is 14.3 Å². The van der Waals surface area contributed by atoms with E-state index in [1.54, 1.807) is 14.1 Å². The molecule has 0 heterocycles. The first-order chi connectivity index (χ1) is 5.56. The number of hydrogen-bond donors (Lipinski definition) is 1. The van der Waals surface area contributed by atoms with Crippen molar-refractivity contribution in [1.82, 2.24) is 10.4 Å². The fraction of sp³-hybridized carbons (Fsp3) is 0.429. The fourth-order valence-corrected chi connectivity index (χ4v) is 0.469. The monoisotopic (exact) mass is 172 g/mol. The van der Waals surface area contributed by atoms with Crippen LogP contribution in [0.3, 0.4) is 0 Å². The largest absolute Gasteiger partial charge is 0.466 e. The highest BCUT2D eigenvalue weighted by Gasteiger charge is 1.97. The summed E-state index contributed by atoms with van der Waals surface area (Å²) in [6, 6.07) is 0. The van der Waals surface area contributed by atoms with Gasteiger partial charge in [-0.1, -0.05) is 0 Å². The molecule has 0 fully saturated rings. The van der Waals surface area contributed by atoms with Crippen LogP contribution in [0.15, 0.2) is 12.2 Å². The number of hydrogen-bond acceptors (Lipinski definition) is 4. The number of nitrogens with one attached hydrogen (secondary N) is 1. The lowest BCUT2D eigenvalue weighted by molar-refractivity contribution is -0.135. The van der Waals surface area contributed by atoms with Gasteiger partial charge in [0.05, 0.1) is 7.11 Å². The molecule has 0 bridgehead atoms. The fourth-order valence-electron chi connectivity index (χ4n) is 0.469. The molecule has 0 aliphatic carbocycles. The topological polar surface area (TPSA) is 58.6 Å². The normalized spacial score (nSPS) is 10.3. The van der Waals surface area contributed by atoms with Crippen LogP contribution in [0, 0.1) is 0 Å². The highest BCUT2D eigenvalue weighted by Crippen LogP contribution is 1.78. The molecule has 0 aliphatic heterocycles. The first-order valence-electron chi connectivity index (χ1n) is 3.30. The molecule has 0 atom stereocenters. The van der Waals surface area contributed by atoms with E-state index >= 15 is 0 Å². The molecule has 0 aromatic carbocycles. The van der Waals surface area contributed by atoms with E-state index in [4.69, 9.17) is 0 Å². The zero-order valence-electron chi connectivity index (χ0n) is 7.33. The molecular formula is C7H12N2O3. The van der Waals surface area contributed by atoms with Crippen molar-refractivity contribution >= 4 is 11.9 Å². The van der Waals surface area contributed by atoms with E-state index in [1.807, 2.05) is 0 Å². The number of esters is 1. The number of hydrazine groups is 1. The molecule has 5 nitrogen and oxygen atoms in total. The van der Waals surface area contributed by atoms with Crippen LogP contribution in [0.4, 0.5) is 0 Å². The number of rotatable bonds is 3. The summed E-state index contributed by atoms with van der Waals surface area (Å²) in [5, 5.41) is 1.48. The summed E-state index contributed by atoms with van der Waals surface area (Å²) in [6.45, 7) is 0. The molecule has 0 unspecified atom stereocenters. The van der Waals surface area contributed by atoms with Gasteiger partial charge < -0.3 is 4.74 Å². The van der Waals surface area contributed by atoms with Gasteiger partial charge in [-0.2, -0.15) is 0 Å². The molecule has 5 heteroatoms. The Kier molecular flexibility index (Phi) is 4.71. The Morgan fingerprint density at radius 2 is 1.92 bits per heavy atom. The Hall–Kier alpha value is -1.36. The van der Waals surface area contributed by atoms with Crippen LogP contribution in [-0.4, -0.2) is 38.1 Å². The molecule has 12 heavy (non-hydrogen) atoms. The molecule has 0 aromatic rings. The first-order valence-corrected chi connectivity index (χ1v) is 3.30. The van der Waals surface area contributed by atoms with Gasteiger partial charge in [-0.15, -0.1) is 0 Å². The molecule has 68 valence electrons. The quantitative estimate of drug-likeness (QED) is 0.348. The SMILES string of the molecule is COC(=O)C=CC(=O)NN(C)C. The van der Waals surface area contributed by atoms with Crippen LogP contribution in [-0.2, 0) is 14.3 Å². The van der Waals surface area contributed by atoms with E-state index in [9.17, 15) is 9.59 Å². The molecule has 1 amide bonds. The maximum absolute atomic E-state index is 10.8. The minimum atomic E-state index is -0.552. The van der Waals surface area contributed by atoms with Crippen molar-refractivity contribution in [3.05, 3.63) is 12.2 Å². The minimum absolute atomic E-state index is 0.370. The predicted molar refractivity (Wildman–Crippen MR) is 43.0 cm³/mol. The van der Waals surface area contributed by atoms with E-state index in [0.717, 1.165) is 12.2 Å². The summed E-state index contributed by atoms with van der Waals surface area (Å²) in [5.74, 6) is -0.922. The molecule has 0 rings (SSSR count). The second kappa shape index (κ2) is 5.31. The number of nitrogens with zero attached hydrogens (tertiary/aromatic N) is 1. The Balaban J connectivity index is 3.83. The second-order valence-electron chi connectivity index (χ2n) is 2.23. The van der Waals surface area contributed by atoms with Crippen molar-refractivity contribution in [3.63, 3.8) is 0 Å². The van der Waals surface area contributed by atoms with Crippen molar-refractivity contribution in [2.75, 3.05) is 21.2 Å². The van der Waals surface area contributed by atoms with Crippen molar-refractivity contribution in [3.8, 4) is 0 Å². The molecule has 0 aliphatic rings. The Morgan fingerprint density at radius 3 is 2.33 bits per heavy atom. The summed E-state index contributed by atoms with van der Waals surface area (Å²) in [7, 11) is 4.59. The van der Waals surface area contributed by atoms with E-state index in [0.29, 0.717) is 0 Å². The van der Waals surface area contributed by atoms with Crippen LogP contribution in [0.2, 0.25) is 0 Å². The molecular weight excluding hydrogens is 160 g/mol. The standard InChI is InChI=1S/C7H12N2O3/c1-9(2)8-6(10)4-5-7(11)12-3/h4-5H,1-3H3,(H,8,10). The number of carbonyl (C=O) groups is 2. The van der Waals surface area contributed by atoms with Gasteiger partial charge in [-0.25, -0.2) is 9.80 Å². The Labute approximate surface area is 71.0 Å². The summed E-state index contributed by atoms with van der Waals surface area (Å²) >= 11 is 0. The summed E-state index contributed by atoms with van der Waals surface area (Å²) in [5.41, 5.74) is 2.42. The van der Waals surface area contributed by atoms with Gasteiger partial charge in [0.15, 0.2) is 0 Å². The smallest absolute Gasteiger partial charge is 0.330 e. The van der Waals surface area contributed by atoms with Crippen LogP contribution in [0.5, 0.6) is 0 Å². The molecule has 0 spiro atoms. The summed E-state index contributed by atoms with van der Waals surface area (Å²) < 4.78 is 4.29. The number of amides is 1. The van der Waals surface area contributed by atoms with E-state index < -0.39 is 5.97 Å². The van der Waals surface area contributed by atoms with Gasteiger partial charge in [0.2, 0.25) is 0 Å². The zero-order valence-corrected chi connectivity index (χ0v) is 7.33. The van der Waals surface area contributed by atoms with Crippen LogP contribution in [0.1, 0.15) is 0 Å². The minimum Gasteiger partial charge on any atom is -0.466 e. The predicted octanol–water partition coefficient (Wildman–Crippen LogP) is -0.692. The van der Waals surface area contributed by atoms with Crippen LogP contribution in [0.25, 0.3) is 0 Å². The number of carbonyl (C=O) groups excluding carboxylic acids is 2. The van der Waals surface area contributed by atoms with Crippen molar-refractivity contribution in [2.45, 2.75) is 0 Å². The van der Waals surface area contributed by atoms with Crippen molar-refractivity contribution in [2.24, 2.45) is 0 Å². The third-order valence-corrected chi connectivity index (χ3v) is 0.906. The molecule has 0 radical (unpaired) electrons. The third-order valence-electron chi connectivity index (χ3n) is 0.906. The lowest BCUT2D eigenvalue weighted by Gasteiger charge is -2.08. The van der Waals surface area contributed by atoms with E-state index in [1.165, 1.54) is 12.1 Å². The first kappa shape index (κ1) is 10.6. The number of methoxy groups -OCH3 is 1.